The lowest BCUT2D eigenvalue weighted by Crippen LogP contribution is -2.31. The number of hydrogen-bond donors (Lipinski definition) is 1. The highest BCUT2D eigenvalue weighted by molar-refractivity contribution is 6.30. The number of rotatable bonds is 2. The second-order valence-electron chi connectivity index (χ2n) is 5.08. The average Bonchev–Trinajstić information content (AvgIpc) is 2.40. The van der Waals surface area contributed by atoms with E-state index in [1.54, 1.807) is 0 Å². The van der Waals surface area contributed by atoms with Crippen LogP contribution in [0.2, 0.25) is 5.02 Å². The highest BCUT2D eigenvalue weighted by Gasteiger charge is 2.20. The molecule has 0 aliphatic carbocycles. The van der Waals surface area contributed by atoms with Crippen molar-refractivity contribution in [3.63, 3.8) is 0 Å². The first kappa shape index (κ1) is 12.3. The summed E-state index contributed by atoms with van der Waals surface area (Å²) in [4.78, 5) is 0. The van der Waals surface area contributed by atoms with Crippen LogP contribution in [-0.4, -0.2) is 19.9 Å². The molecule has 1 atom stereocenters. The fourth-order valence-electron chi connectivity index (χ4n) is 2.82. The van der Waals surface area contributed by atoms with Gasteiger partial charge in [-0.1, -0.05) is 11.6 Å². The Bertz CT molecular complexity index is 430. The van der Waals surface area contributed by atoms with E-state index in [9.17, 15) is 0 Å². The Kier molecular flexibility index (Phi) is 3.73. The zero-order valence-corrected chi connectivity index (χ0v) is 11.1. The summed E-state index contributed by atoms with van der Waals surface area (Å²) in [6.45, 7) is 3.20. The Hall–Kier alpha value is -0.770. The standard InChI is InChI=1S/C14H18ClNO2/c15-13-5-11(4-10-2-1-3-16-7-10)14-12(6-13)8-17-9-18-14/h5-6,10,16H,1-4,7-9H2. The van der Waals surface area contributed by atoms with Crippen molar-refractivity contribution in [3.05, 3.63) is 28.3 Å². The highest BCUT2D eigenvalue weighted by Crippen LogP contribution is 2.33. The molecule has 1 saturated heterocycles. The van der Waals surface area contributed by atoms with E-state index in [1.807, 2.05) is 12.1 Å². The van der Waals surface area contributed by atoms with Crippen molar-refractivity contribution in [2.75, 3.05) is 19.9 Å². The van der Waals surface area contributed by atoms with Crippen molar-refractivity contribution in [3.8, 4) is 5.75 Å². The fourth-order valence-corrected chi connectivity index (χ4v) is 3.08. The first-order valence-corrected chi connectivity index (χ1v) is 6.93. The second kappa shape index (κ2) is 5.47. The maximum Gasteiger partial charge on any atom is 0.189 e. The zero-order valence-electron chi connectivity index (χ0n) is 10.4. The molecule has 18 heavy (non-hydrogen) atoms. The van der Waals surface area contributed by atoms with Crippen molar-refractivity contribution in [2.24, 2.45) is 5.92 Å². The molecule has 0 spiro atoms. The van der Waals surface area contributed by atoms with Crippen molar-refractivity contribution >= 4 is 11.6 Å². The van der Waals surface area contributed by atoms with E-state index >= 15 is 0 Å². The average molecular weight is 268 g/mol. The zero-order chi connectivity index (χ0) is 12.4. The van der Waals surface area contributed by atoms with Crippen LogP contribution in [0.15, 0.2) is 12.1 Å². The molecule has 0 radical (unpaired) electrons. The van der Waals surface area contributed by atoms with E-state index < -0.39 is 0 Å². The lowest BCUT2D eigenvalue weighted by molar-refractivity contribution is -0.0171. The molecule has 2 heterocycles. The van der Waals surface area contributed by atoms with E-state index in [0.717, 1.165) is 35.8 Å². The molecular formula is C14H18ClNO2. The summed E-state index contributed by atoms with van der Waals surface area (Å²) < 4.78 is 11.0. The summed E-state index contributed by atoms with van der Waals surface area (Å²) in [6.07, 6.45) is 3.58. The lowest BCUT2D eigenvalue weighted by atomic mass is 9.91. The van der Waals surface area contributed by atoms with E-state index in [-0.39, 0.29) is 0 Å². The number of piperidine rings is 1. The molecule has 3 nitrogen and oxygen atoms in total. The number of ether oxygens (including phenoxy) is 2. The minimum Gasteiger partial charge on any atom is -0.467 e. The van der Waals surface area contributed by atoms with Gasteiger partial charge in [0.25, 0.3) is 0 Å². The number of benzene rings is 1. The van der Waals surface area contributed by atoms with Crippen LogP contribution in [0.4, 0.5) is 0 Å². The third-order valence-electron chi connectivity index (χ3n) is 3.66. The monoisotopic (exact) mass is 267 g/mol. The van der Waals surface area contributed by atoms with Gasteiger partial charge in [0.1, 0.15) is 5.75 Å². The first-order chi connectivity index (χ1) is 8.83. The Morgan fingerprint density at radius 3 is 3.17 bits per heavy atom. The minimum atomic E-state index is 0.352. The normalized spacial score (nSPS) is 23.3. The van der Waals surface area contributed by atoms with Gasteiger partial charge in [-0.25, -0.2) is 0 Å². The highest BCUT2D eigenvalue weighted by atomic mass is 35.5. The maximum absolute atomic E-state index is 6.17. The molecule has 2 aliphatic heterocycles. The molecule has 2 aliphatic rings. The third kappa shape index (κ3) is 2.63. The Labute approximate surface area is 112 Å². The van der Waals surface area contributed by atoms with Gasteiger partial charge in [-0.05, 0) is 56.0 Å². The fraction of sp³-hybridized carbons (Fsp3) is 0.571. The minimum absolute atomic E-state index is 0.352. The molecule has 1 fully saturated rings. The van der Waals surface area contributed by atoms with Crippen molar-refractivity contribution in [1.82, 2.24) is 5.32 Å². The number of fused-ring (bicyclic) bond motifs is 1. The number of nitrogens with one attached hydrogen (secondary N) is 1. The molecule has 1 N–H and O–H groups in total. The van der Waals surface area contributed by atoms with E-state index in [1.165, 1.54) is 18.4 Å². The third-order valence-corrected chi connectivity index (χ3v) is 3.88. The van der Waals surface area contributed by atoms with Crippen LogP contribution >= 0.6 is 11.6 Å². The summed E-state index contributed by atoms with van der Waals surface area (Å²) in [5, 5.41) is 4.23. The van der Waals surface area contributed by atoms with Crippen molar-refractivity contribution < 1.29 is 9.47 Å². The van der Waals surface area contributed by atoms with Gasteiger partial charge in [0.2, 0.25) is 0 Å². The van der Waals surface area contributed by atoms with Gasteiger partial charge in [-0.15, -0.1) is 0 Å². The van der Waals surface area contributed by atoms with Crippen LogP contribution in [0.25, 0.3) is 0 Å². The molecule has 1 aromatic carbocycles. The summed E-state index contributed by atoms with van der Waals surface area (Å²) >= 11 is 6.17. The van der Waals surface area contributed by atoms with Crippen LogP contribution in [-0.2, 0) is 17.8 Å². The first-order valence-electron chi connectivity index (χ1n) is 6.55. The van der Waals surface area contributed by atoms with Crippen LogP contribution in [0.1, 0.15) is 24.0 Å². The van der Waals surface area contributed by atoms with Gasteiger partial charge >= 0.3 is 0 Å². The number of halogens is 1. The molecule has 3 rings (SSSR count). The predicted octanol–water partition coefficient (Wildman–Crippen LogP) is 2.75. The van der Waals surface area contributed by atoms with Crippen molar-refractivity contribution in [1.29, 1.82) is 0 Å². The molecule has 1 aromatic rings. The molecule has 98 valence electrons. The van der Waals surface area contributed by atoms with Gasteiger partial charge in [0.05, 0.1) is 6.61 Å². The topological polar surface area (TPSA) is 30.5 Å². The molecule has 0 amide bonds. The Morgan fingerprint density at radius 2 is 2.33 bits per heavy atom. The summed E-state index contributed by atoms with van der Waals surface area (Å²) in [5.41, 5.74) is 2.31. The van der Waals surface area contributed by atoms with Gasteiger partial charge < -0.3 is 14.8 Å². The van der Waals surface area contributed by atoms with E-state index in [0.29, 0.717) is 19.3 Å². The number of hydrogen-bond acceptors (Lipinski definition) is 3. The SMILES string of the molecule is Clc1cc2c(c(CC3CCCNC3)c1)OCOC2. The summed E-state index contributed by atoms with van der Waals surface area (Å²) in [6, 6.07) is 3.99. The van der Waals surface area contributed by atoms with E-state index in [4.69, 9.17) is 21.1 Å². The van der Waals surface area contributed by atoms with Crippen LogP contribution in [0.5, 0.6) is 5.75 Å². The van der Waals surface area contributed by atoms with Gasteiger partial charge in [-0.2, -0.15) is 0 Å². The Balaban J connectivity index is 1.83. The Morgan fingerprint density at radius 1 is 1.39 bits per heavy atom. The van der Waals surface area contributed by atoms with Gasteiger partial charge in [-0.3, -0.25) is 0 Å². The van der Waals surface area contributed by atoms with Crippen LogP contribution in [0.3, 0.4) is 0 Å². The largest absolute Gasteiger partial charge is 0.467 e. The molecule has 4 heteroatoms. The molecular weight excluding hydrogens is 250 g/mol. The smallest absolute Gasteiger partial charge is 0.189 e. The van der Waals surface area contributed by atoms with Crippen LogP contribution < -0.4 is 10.1 Å². The molecule has 1 unspecified atom stereocenters. The van der Waals surface area contributed by atoms with Crippen molar-refractivity contribution in [2.45, 2.75) is 25.9 Å². The second-order valence-corrected chi connectivity index (χ2v) is 5.52. The predicted molar refractivity (Wildman–Crippen MR) is 71.0 cm³/mol. The lowest BCUT2D eigenvalue weighted by Gasteiger charge is -2.26. The molecule has 0 bridgehead atoms. The summed E-state index contributed by atoms with van der Waals surface area (Å²) in [5.74, 6) is 1.68. The summed E-state index contributed by atoms with van der Waals surface area (Å²) in [7, 11) is 0. The maximum atomic E-state index is 6.17. The molecule has 0 aromatic heterocycles. The van der Waals surface area contributed by atoms with Gasteiger partial charge in [0.15, 0.2) is 6.79 Å². The quantitative estimate of drug-likeness (QED) is 0.894. The van der Waals surface area contributed by atoms with E-state index in [2.05, 4.69) is 5.32 Å². The van der Waals surface area contributed by atoms with Gasteiger partial charge in [0, 0.05) is 10.6 Å². The van der Waals surface area contributed by atoms with Crippen LogP contribution in [0, 0.1) is 5.92 Å². The molecule has 0 saturated carbocycles.